The van der Waals surface area contributed by atoms with Gasteiger partial charge in [0.1, 0.15) is 0 Å². The minimum Gasteiger partial charge on any atom is -0.451 e. The summed E-state index contributed by atoms with van der Waals surface area (Å²) in [6.45, 7) is 5.09. The number of esters is 1. The highest BCUT2D eigenvalue weighted by atomic mass is 35.5. The summed E-state index contributed by atoms with van der Waals surface area (Å²) in [6, 6.07) is 11.9. The third-order valence-corrected chi connectivity index (χ3v) is 4.89. The van der Waals surface area contributed by atoms with Crippen LogP contribution in [0.15, 0.2) is 42.5 Å². The van der Waals surface area contributed by atoms with Crippen molar-refractivity contribution in [2.24, 2.45) is 0 Å². The predicted molar refractivity (Wildman–Crippen MR) is 114 cm³/mol. The number of hydrogen-bond donors (Lipinski definition) is 1. The van der Waals surface area contributed by atoms with Crippen molar-refractivity contribution in [3.05, 3.63) is 75.2 Å². The Labute approximate surface area is 184 Å². The van der Waals surface area contributed by atoms with Crippen molar-refractivity contribution < 1.29 is 14.3 Å². The van der Waals surface area contributed by atoms with E-state index in [1.54, 1.807) is 28.9 Å². The number of pyridine rings is 1. The molecule has 0 radical (unpaired) electrons. The molecule has 0 saturated carbocycles. The maximum absolute atomic E-state index is 12.4. The second-order valence-electron chi connectivity index (χ2n) is 6.76. The second-order valence-corrected chi connectivity index (χ2v) is 7.60. The van der Waals surface area contributed by atoms with Crippen LogP contribution in [0.5, 0.6) is 0 Å². The Kier molecular flexibility index (Phi) is 6.74. The smallest absolute Gasteiger partial charge is 0.359 e. The summed E-state index contributed by atoms with van der Waals surface area (Å²) in [5, 5.41) is 7.83. The molecule has 3 aromatic rings. The largest absolute Gasteiger partial charge is 0.451 e. The van der Waals surface area contributed by atoms with Gasteiger partial charge in [-0.15, -0.1) is 0 Å². The van der Waals surface area contributed by atoms with Gasteiger partial charge < -0.3 is 10.1 Å². The van der Waals surface area contributed by atoms with E-state index in [9.17, 15) is 9.59 Å². The fourth-order valence-electron chi connectivity index (χ4n) is 2.87. The summed E-state index contributed by atoms with van der Waals surface area (Å²) in [7, 11) is 0. The number of benzene rings is 1. The molecular weight excluding hydrogens is 427 g/mol. The van der Waals surface area contributed by atoms with Crippen LogP contribution in [0.25, 0.3) is 5.82 Å². The van der Waals surface area contributed by atoms with Gasteiger partial charge in [0.15, 0.2) is 18.1 Å². The molecule has 0 aliphatic heterocycles. The van der Waals surface area contributed by atoms with E-state index in [-0.39, 0.29) is 16.8 Å². The number of halogens is 2. The van der Waals surface area contributed by atoms with Gasteiger partial charge >= 0.3 is 5.97 Å². The third-order valence-electron chi connectivity index (χ3n) is 4.33. The van der Waals surface area contributed by atoms with E-state index in [4.69, 9.17) is 27.9 Å². The van der Waals surface area contributed by atoms with E-state index < -0.39 is 18.5 Å². The Morgan fingerprint density at radius 1 is 1.13 bits per heavy atom. The molecule has 1 unspecified atom stereocenters. The normalized spacial score (nSPS) is 11.8. The molecule has 9 heteroatoms. The maximum Gasteiger partial charge on any atom is 0.359 e. The molecule has 3 rings (SSSR count). The Bertz CT molecular complexity index is 1080. The van der Waals surface area contributed by atoms with Crippen LogP contribution in [-0.2, 0) is 9.53 Å². The molecule has 1 aromatic carbocycles. The number of aryl methyl sites for hydroxylation is 2. The zero-order valence-corrected chi connectivity index (χ0v) is 18.2. The van der Waals surface area contributed by atoms with E-state index in [0.717, 1.165) is 17.0 Å². The Balaban J connectivity index is 1.64. The number of ether oxygens (including phenoxy) is 1. The molecule has 0 fully saturated rings. The number of amides is 1. The number of nitrogens with one attached hydrogen (secondary N) is 1. The van der Waals surface area contributed by atoms with Gasteiger partial charge in [-0.3, -0.25) is 4.79 Å². The summed E-state index contributed by atoms with van der Waals surface area (Å²) < 4.78 is 6.70. The molecule has 1 amide bonds. The minimum atomic E-state index is -0.794. The van der Waals surface area contributed by atoms with Crippen LogP contribution >= 0.6 is 23.2 Å². The van der Waals surface area contributed by atoms with E-state index >= 15 is 0 Å². The molecule has 0 aliphatic carbocycles. The lowest BCUT2D eigenvalue weighted by Gasteiger charge is -2.14. The molecule has 1 atom stereocenters. The first-order valence-corrected chi connectivity index (χ1v) is 9.92. The van der Waals surface area contributed by atoms with Crippen LogP contribution in [0.2, 0.25) is 10.0 Å². The molecule has 30 heavy (non-hydrogen) atoms. The van der Waals surface area contributed by atoms with Crippen LogP contribution in [0.3, 0.4) is 0 Å². The predicted octanol–water partition coefficient (Wildman–Crippen LogP) is 4.23. The van der Waals surface area contributed by atoms with E-state index in [0.29, 0.717) is 10.8 Å². The first kappa shape index (κ1) is 21.8. The first-order chi connectivity index (χ1) is 14.2. The van der Waals surface area contributed by atoms with Crippen molar-refractivity contribution in [2.45, 2.75) is 26.8 Å². The lowest BCUT2D eigenvalue weighted by Crippen LogP contribution is -2.31. The van der Waals surface area contributed by atoms with Gasteiger partial charge in [-0.05, 0) is 56.7 Å². The highest BCUT2D eigenvalue weighted by molar-refractivity contribution is 6.33. The maximum atomic E-state index is 12.4. The quantitative estimate of drug-likeness (QED) is 0.572. The topological polar surface area (TPSA) is 86.1 Å². The van der Waals surface area contributed by atoms with Gasteiger partial charge in [0, 0.05) is 10.7 Å². The fraction of sp³-hybridized carbons (Fsp3) is 0.238. The molecule has 0 aliphatic rings. The summed E-state index contributed by atoms with van der Waals surface area (Å²) >= 11 is 12.0. The molecule has 0 saturated heterocycles. The number of aromatic nitrogens is 3. The summed E-state index contributed by atoms with van der Waals surface area (Å²) in [6.07, 6.45) is 0. The van der Waals surface area contributed by atoms with Gasteiger partial charge in [-0.1, -0.05) is 35.3 Å². The van der Waals surface area contributed by atoms with Crippen molar-refractivity contribution >= 4 is 35.1 Å². The minimum absolute atomic E-state index is 0.0831. The van der Waals surface area contributed by atoms with Gasteiger partial charge in [-0.2, -0.15) is 5.10 Å². The van der Waals surface area contributed by atoms with E-state index in [1.807, 2.05) is 39.0 Å². The molecule has 1 N–H and O–H groups in total. The zero-order valence-electron chi connectivity index (χ0n) is 16.6. The fourth-order valence-corrected chi connectivity index (χ4v) is 3.18. The molecule has 0 bridgehead atoms. The van der Waals surface area contributed by atoms with Crippen molar-refractivity contribution in [3.63, 3.8) is 0 Å². The number of hydrogen-bond acceptors (Lipinski definition) is 5. The molecule has 2 heterocycles. The summed E-state index contributed by atoms with van der Waals surface area (Å²) in [5.74, 6) is -0.813. The van der Waals surface area contributed by atoms with Crippen LogP contribution in [-0.4, -0.2) is 33.2 Å². The third kappa shape index (κ3) is 5.17. The SMILES string of the molecule is Cc1cc(C)n(-c2ccc(Cl)c(C(=O)OCC(=O)NC(C)c3ccc(Cl)cc3)n2)n1. The Hall–Kier alpha value is -2.90. The van der Waals surface area contributed by atoms with Crippen LogP contribution in [0.1, 0.15) is 40.4 Å². The lowest BCUT2D eigenvalue weighted by atomic mass is 10.1. The second kappa shape index (κ2) is 9.28. The molecule has 0 spiro atoms. The highest BCUT2D eigenvalue weighted by Crippen LogP contribution is 2.19. The molecule has 7 nitrogen and oxygen atoms in total. The number of carbonyl (C=O) groups excluding carboxylic acids is 2. The van der Waals surface area contributed by atoms with Crippen molar-refractivity contribution in [3.8, 4) is 5.82 Å². The number of nitrogens with zero attached hydrogens (tertiary/aromatic N) is 3. The van der Waals surface area contributed by atoms with Gasteiger partial charge in [0.2, 0.25) is 0 Å². The number of carbonyl (C=O) groups is 2. The van der Waals surface area contributed by atoms with Crippen molar-refractivity contribution in [2.75, 3.05) is 6.61 Å². The number of rotatable bonds is 6. The summed E-state index contributed by atoms with van der Waals surface area (Å²) in [4.78, 5) is 28.9. The van der Waals surface area contributed by atoms with Gasteiger partial charge in [0.05, 0.1) is 16.8 Å². The Morgan fingerprint density at radius 3 is 2.47 bits per heavy atom. The highest BCUT2D eigenvalue weighted by Gasteiger charge is 2.18. The van der Waals surface area contributed by atoms with Crippen LogP contribution in [0, 0.1) is 13.8 Å². The molecule has 156 valence electrons. The van der Waals surface area contributed by atoms with Crippen LogP contribution in [0.4, 0.5) is 0 Å². The Morgan fingerprint density at radius 2 is 1.83 bits per heavy atom. The monoisotopic (exact) mass is 446 g/mol. The average molecular weight is 447 g/mol. The average Bonchev–Trinajstić information content (AvgIpc) is 3.05. The van der Waals surface area contributed by atoms with E-state index in [2.05, 4.69) is 15.4 Å². The molecule has 2 aromatic heterocycles. The van der Waals surface area contributed by atoms with Gasteiger partial charge in [-0.25, -0.2) is 14.5 Å². The van der Waals surface area contributed by atoms with Gasteiger partial charge in [0.25, 0.3) is 5.91 Å². The van der Waals surface area contributed by atoms with Crippen LogP contribution < -0.4 is 5.32 Å². The van der Waals surface area contributed by atoms with E-state index in [1.165, 1.54) is 0 Å². The lowest BCUT2D eigenvalue weighted by molar-refractivity contribution is -0.124. The van der Waals surface area contributed by atoms with Crippen molar-refractivity contribution in [1.29, 1.82) is 0 Å². The van der Waals surface area contributed by atoms with Crippen molar-refractivity contribution in [1.82, 2.24) is 20.1 Å². The standard InChI is InChI=1S/C21H20Cl2N4O3/c1-12-10-13(2)27(26-12)18-9-8-17(23)20(25-18)21(29)30-11-19(28)24-14(3)15-4-6-16(22)7-5-15/h4-10,14H,11H2,1-3H3,(H,24,28). The first-order valence-electron chi connectivity index (χ1n) is 9.16. The zero-order chi connectivity index (χ0) is 21.8. The summed E-state index contributed by atoms with van der Waals surface area (Å²) in [5.41, 5.74) is 2.47. The molecular formula is C21H20Cl2N4O3.